The number of hydrogen-bond donors (Lipinski definition) is 2. The number of nitrogens with zero attached hydrogens (tertiary/aromatic N) is 5. The summed E-state index contributed by atoms with van der Waals surface area (Å²) in [6, 6.07) is 14.1. The Morgan fingerprint density at radius 2 is 1.77 bits per heavy atom. The zero-order valence-electron chi connectivity index (χ0n) is 17.4. The first kappa shape index (κ1) is 21.5. The van der Waals surface area contributed by atoms with E-state index in [1.807, 2.05) is 24.3 Å². The van der Waals surface area contributed by atoms with Crippen molar-refractivity contribution in [1.29, 1.82) is 0 Å². The Morgan fingerprint density at radius 1 is 1.03 bits per heavy atom. The maximum atomic E-state index is 5.54. The molecule has 1 atom stereocenters. The van der Waals surface area contributed by atoms with Crippen LogP contribution in [0.15, 0.2) is 65.0 Å². The highest BCUT2D eigenvalue weighted by molar-refractivity contribution is 7.99. The van der Waals surface area contributed by atoms with Crippen molar-refractivity contribution < 1.29 is 0 Å². The van der Waals surface area contributed by atoms with Gasteiger partial charge in [0.1, 0.15) is 10.8 Å². The molecule has 3 aromatic rings. The van der Waals surface area contributed by atoms with E-state index >= 15 is 0 Å². The van der Waals surface area contributed by atoms with Crippen molar-refractivity contribution in [1.82, 2.24) is 25.3 Å². The van der Waals surface area contributed by atoms with Crippen molar-refractivity contribution in [2.24, 2.45) is 0 Å². The number of anilines is 2. The van der Waals surface area contributed by atoms with Gasteiger partial charge < -0.3 is 15.5 Å². The van der Waals surface area contributed by atoms with Crippen LogP contribution in [0.3, 0.4) is 0 Å². The van der Waals surface area contributed by atoms with Crippen LogP contribution in [0.25, 0.3) is 0 Å². The van der Waals surface area contributed by atoms with Gasteiger partial charge in [0.2, 0.25) is 5.95 Å². The van der Waals surface area contributed by atoms with Gasteiger partial charge in [-0.1, -0.05) is 30.3 Å². The van der Waals surface area contributed by atoms with Crippen LogP contribution in [0.2, 0.25) is 0 Å². The minimum Gasteiger partial charge on any atom is -0.356 e. The normalized spacial score (nSPS) is 14.7. The van der Waals surface area contributed by atoms with E-state index in [1.165, 1.54) is 31.0 Å². The standard InChI is InChI=1S/C22H25N7S2/c1-16(17-9-4-2-5-10-17)25-21(30)28-20-26-18(29-13-6-3-7-14-29)15-19(27-20)31-22-23-11-8-12-24-22/h2,4-5,8-12,15-16H,3,6-7,13-14H2,1H3,(H2,25,26,27,28,30)/t16-/m0/s1. The Hall–Kier alpha value is -2.78. The number of hydrogen-bond acceptors (Lipinski definition) is 7. The molecule has 1 aliphatic rings. The average molecular weight is 452 g/mol. The van der Waals surface area contributed by atoms with E-state index in [-0.39, 0.29) is 6.04 Å². The first-order valence-electron chi connectivity index (χ1n) is 10.4. The molecule has 0 aliphatic carbocycles. The second kappa shape index (κ2) is 10.5. The van der Waals surface area contributed by atoms with Gasteiger partial charge in [0.25, 0.3) is 0 Å². The molecule has 0 saturated carbocycles. The first-order valence-corrected chi connectivity index (χ1v) is 11.6. The highest BCUT2D eigenvalue weighted by Gasteiger charge is 2.17. The average Bonchev–Trinajstić information content (AvgIpc) is 2.80. The van der Waals surface area contributed by atoms with Crippen LogP contribution >= 0.6 is 24.0 Å². The molecule has 9 heteroatoms. The highest BCUT2D eigenvalue weighted by Crippen LogP contribution is 2.28. The molecule has 1 fully saturated rings. The van der Waals surface area contributed by atoms with Crippen LogP contribution in [-0.4, -0.2) is 38.1 Å². The molecule has 1 aromatic carbocycles. The van der Waals surface area contributed by atoms with E-state index in [9.17, 15) is 0 Å². The molecule has 0 radical (unpaired) electrons. The van der Waals surface area contributed by atoms with E-state index in [0.29, 0.717) is 16.2 Å². The Morgan fingerprint density at radius 3 is 2.52 bits per heavy atom. The van der Waals surface area contributed by atoms with Gasteiger partial charge in [0, 0.05) is 31.5 Å². The maximum absolute atomic E-state index is 5.54. The van der Waals surface area contributed by atoms with Crippen molar-refractivity contribution in [3.63, 3.8) is 0 Å². The van der Waals surface area contributed by atoms with Gasteiger partial charge in [-0.05, 0) is 61.8 Å². The number of thiocarbonyl (C=S) groups is 1. The van der Waals surface area contributed by atoms with E-state index in [4.69, 9.17) is 17.2 Å². The third-order valence-corrected chi connectivity index (χ3v) is 6.01. The van der Waals surface area contributed by atoms with E-state index in [0.717, 1.165) is 29.5 Å². The minimum absolute atomic E-state index is 0.0676. The van der Waals surface area contributed by atoms with Crippen LogP contribution in [-0.2, 0) is 0 Å². The fourth-order valence-corrected chi connectivity index (χ4v) is 4.38. The molecule has 3 heterocycles. The summed E-state index contributed by atoms with van der Waals surface area (Å²) < 4.78 is 0. The van der Waals surface area contributed by atoms with Crippen LogP contribution in [0.5, 0.6) is 0 Å². The summed E-state index contributed by atoms with van der Waals surface area (Å²) in [7, 11) is 0. The van der Waals surface area contributed by atoms with Crippen molar-refractivity contribution in [2.45, 2.75) is 42.4 Å². The summed E-state index contributed by atoms with van der Waals surface area (Å²) in [6.07, 6.45) is 7.06. The summed E-state index contributed by atoms with van der Waals surface area (Å²) in [5.41, 5.74) is 1.16. The predicted octanol–water partition coefficient (Wildman–Crippen LogP) is 4.46. The Kier molecular flexibility index (Phi) is 7.26. The third-order valence-electron chi connectivity index (χ3n) is 4.98. The fraction of sp³-hybridized carbons (Fsp3) is 0.318. The molecular formula is C22H25N7S2. The molecule has 2 N–H and O–H groups in total. The van der Waals surface area contributed by atoms with Crippen LogP contribution in [0.1, 0.15) is 37.8 Å². The molecule has 4 rings (SSSR count). The lowest BCUT2D eigenvalue weighted by molar-refractivity contribution is 0.572. The van der Waals surface area contributed by atoms with Crippen LogP contribution in [0, 0.1) is 0 Å². The molecule has 0 spiro atoms. The monoisotopic (exact) mass is 451 g/mol. The zero-order valence-corrected chi connectivity index (χ0v) is 19.0. The molecule has 7 nitrogen and oxygen atoms in total. The number of nitrogens with one attached hydrogen (secondary N) is 2. The molecule has 0 unspecified atom stereocenters. The van der Waals surface area contributed by atoms with Crippen molar-refractivity contribution in [2.75, 3.05) is 23.3 Å². The Balaban J connectivity index is 1.52. The Bertz CT molecular complexity index is 995. The fourth-order valence-electron chi connectivity index (χ4n) is 3.40. The lowest BCUT2D eigenvalue weighted by atomic mass is 10.1. The summed E-state index contributed by atoms with van der Waals surface area (Å²) in [5, 5.41) is 8.39. The Labute approximate surface area is 192 Å². The van der Waals surface area contributed by atoms with Gasteiger partial charge in [0.05, 0.1) is 6.04 Å². The zero-order chi connectivity index (χ0) is 21.5. The summed E-state index contributed by atoms with van der Waals surface area (Å²) in [5.74, 6) is 1.37. The second-order valence-corrected chi connectivity index (χ2v) is 8.70. The number of benzene rings is 1. The second-order valence-electron chi connectivity index (χ2n) is 7.30. The maximum Gasteiger partial charge on any atom is 0.232 e. The molecular weight excluding hydrogens is 426 g/mol. The molecule has 0 bridgehead atoms. The van der Waals surface area contributed by atoms with Crippen molar-refractivity contribution in [3.8, 4) is 0 Å². The van der Waals surface area contributed by atoms with Crippen molar-refractivity contribution >= 4 is 40.9 Å². The van der Waals surface area contributed by atoms with Gasteiger partial charge in [-0.25, -0.2) is 15.0 Å². The lowest BCUT2D eigenvalue weighted by Gasteiger charge is -2.28. The summed E-state index contributed by atoms with van der Waals surface area (Å²) in [6.45, 7) is 4.06. The first-order chi connectivity index (χ1) is 15.2. The van der Waals surface area contributed by atoms with Gasteiger partial charge in [0.15, 0.2) is 10.3 Å². The smallest absolute Gasteiger partial charge is 0.232 e. The van der Waals surface area contributed by atoms with Crippen LogP contribution in [0.4, 0.5) is 11.8 Å². The number of piperidine rings is 1. The third kappa shape index (κ3) is 6.11. The molecule has 0 amide bonds. The van der Waals surface area contributed by atoms with Gasteiger partial charge in [-0.15, -0.1) is 0 Å². The summed E-state index contributed by atoms with van der Waals surface area (Å²) in [4.78, 5) is 20.3. The molecule has 1 saturated heterocycles. The van der Waals surface area contributed by atoms with Crippen LogP contribution < -0.4 is 15.5 Å². The van der Waals surface area contributed by atoms with E-state index in [2.05, 4.69) is 49.5 Å². The number of aromatic nitrogens is 4. The van der Waals surface area contributed by atoms with Crippen molar-refractivity contribution in [3.05, 3.63) is 60.4 Å². The quantitative estimate of drug-likeness (QED) is 0.321. The van der Waals surface area contributed by atoms with Gasteiger partial charge >= 0.3 is 0 Å². The van der Waals surface area contributed by atoms with Gasteiger partial charge in [-0.2, -0.15) is 4.98 Å². The number of rotatable bonds is 6. The molecule has 1 aliphatic heterocycles. The predicted molar refractivity (Wildman–Crippen MR) is 128 cm³/mol. The SMILES string of the molecule is C[C@H](NC(=S)Nc1nc(Sc2ncccn2)cc(N2CCCCC2)n1)c1ccccc1. The minimum atomic E-state index is 0.0676. The molecule has 2 aromatic heterocycles. The largest absolute Gasteiger partial charge is 0.356 e. The molecule has 160 valence electrons. The lowest BCUT2D eigenvalue weighted by Crippen LogP contribution is -2.33. The van der Waals surface area contributed by atoms with E-state index in [1.54, 1.807) is 18.5 Å². The topological polar surface area (TPSA) is 78.9 Å². The highest BCUT2D eigenvalue weighted by atomic mass is 32.2. The van der Waals surface area contributed by atoms with Gasteiger partial charge in [-0.3, -0.25) is 0 Å². The molecule has 31 heavy (non-hydrogen) atoms. The van der Waals surface area contributed by atoms with E-state index < -0.39 is 0 Å². The summed E-state index contributed by atoms with van der Waals surface area (Å²) >= 11 is 6.95.